The highest BCUT2D eigenvalue weighted by Gasteiger charge is 2.08. The van der Waals surface area contributed by atoms with Gasteiger partial charge in [-0.1, -0.05) is 35.9 Å². The fourth-order valence-electron chi connectivity index (χ4n) is 1.97. The second kappa shape index (κ2) is 7.09. The van der Waals surface area contributed by atoms with Crippen molar-refractivity contribution in [3.8, 4) is 0 Å². The van der Waals surface area contributed by atoms with Gasteiger partial charge < -0.3 is 0 Å². The van der Waals surface area contributed by atoms with E-state index in [4.69, 9.17) is 11.6 Å². The van der Waals surface area contributed by atoms with E-state index in [-0.39, 0.29) is 12.3 Å². The number of hydrogen-bond donors (Lipinski definition) is 2. The number of nitrogens with one attached hydrogen (secondary N) is 2. The summed E-state index contributed by atoms with van der Waals surface area (Å²) < 4.78 is 0. The maximum Gasteiger partial charge on any atom is 0.269 e. The molecule has 0 saturated carbocycles. The summed E-state index contributed by atoms with van der Waals surface area (Å²) in [6.45, 7) is 4.02. The largest absolute Gasteiger partial charge is 0.273 e. The Morgan fingerprint density at radius 3 is 2.45 bits per heavy atom. The van der Waals surface area contributed by atoms with E-state index in [9.17, 15) is 9.59 Å². The Morgan fingerprint density at radius 2 is 1.77 bits per heavy atom. The van der Waals surface area contributed by atoms with Crippen LogP contribution in [0.25, 0.3) is 0 Å². The van der Waals surface area contributed by atoms with Gasteiger partial charge in [0.2, 0.25) is 5.91 Å². The van der Waals surface area contributed by atoms with Crippen LogP contribution < -0.4 is 10.9 Å². The van der Waals surface area contributed by atoms with Crippen molar-refractivity contribution in [3.63, 3.8) is 0 Å². The molecule has 0 bridgehead atoms. The summed E-state index contributed by atoms with van der Waals surface area (Å²) in [7, 11) is 0. The summed E-state index contributed by atoms with van der Waals surface area (Å²) in [6, 6.07) is 12.4. The van der Waals surface area contributed by atoms with E-state index in [1.54, 1.807) is 18.2 Å². The lowest BCUT2D eigenvalue weighted by atomic mass is 10.0. The van der Waals surface area contributed by atoms with Crippen molar-refractivity contribution < 1.29 is 9.59 Å². The van der Waals surface area contributed by atoms with Crippen LogP contribution in [0.5, 0.6) is 0 Å². The molecule has 22 heavy (non-hydrogen) atoms. The number of carbonyl (C=O) groups is 2. The van der Waals surface area contributed by atoms with Crippen molar-refractivity contribution in [1.82, 2.24) is 10.9 Å². The molecule has 4 nitrogen and oxygen atoms in total. The number of halogens is 1. The SMILES string of the molecule is Cc1ccc(CC(=O)NNC(=O)c2cccc(Cl)c2)cc1C. The fourth-order valence-corrected chi connectivity index (χ4v) is 2.16. The average Bonchev–Trinajstić information content (AvgIpc) is 2.48. The molecular weight excluding hydrogens is 300 g/mol. The van der Waals surface area contributed by atoms with Crippen molar-refractivity contribution in [1.29, 1.82) is 0 Å². The van der Waals surface area contributed by atoms with Crippen LogP contribution in [-0.2, 0) is 11.2 Å². The summed E-state index contributed by atoms with van der Waals surface area (Å²) in [5, 5.41) is 0.467. The van der Waals surface area contributed by atoms with Gasteiger partial charge in [-0.15, -0.1) is 0 Å². The number of carbonyl (C=O) groups excluding carboxylic acids is 2. The third-order valence-corrected chi connectivity index (χ3v) is 3.57. The fraction of sp³-hybridized carbons (Fsp3) is 0.176. The predicted octanol–water partition coefficient (Wildman–Crippen LogP) is 2.96. The van der Waals surface area contributed by atoms with Gasteiger partial charge in [-0.05, 0) is 48.7 Å². The molecule has 0 heterocycles. The minimum absolute atomic E-state index is 0.205. The molecule has 0 aliphatic rings. The van der Waals surface area contributed by atoms with Crippen molar-refractivity contribution in [2.24, 2.45) is 0 Å². The molecule has 0 atom stereocenters. The third-order valence-electron chi connectivity index (χ3n) is 3.34. The standard InChI is InChI=1S/C17H17ClN2O2/c1-11-6-7-13(8-12(11)2)9-16(21)19-20-17(22)14-4-3-5-15(18)10-14/h3-8,10H,9H2,1-2H3,(H,19,21)(H,20,22). The van der Waals surface area contributed by atoms with Crippen molar-refractivity contribution in [2.45, 2.75) is 20.3 Å². The molecule has 0 aromatic heterocycles. The van der Waals surface area contributed by atoms with E-state index < -0.39 is 5.91 Å². The van der Waals surface area contributed by atoms with Crippen LogP contribution in [0.2, 0.25) is 5.02 Å². The summed E-state index contributed by atoms with van der Waals surface area (Å²) in [5.41, 5.74) is 8.38. The van der Waals surface area contributed by atoms with Crippen LogP contribution in [0.1, 0.15) is 27.0 Å². The van der Waals surface area contributed by atoms with Crippen molar-refractivity contribution in [2.75, 3.05) is 0 Å². The molecule has 2 N–H and O–H groups in total. The van der Waals surface area contributed by atoms with E-state index >= 15 is 0 Å². The molecule has 0 aliphatic carbocycles. The molecule has 0 radical (unpaired) electrons. The Labute approximate surface area is 134 Å². The summed E-state index contributed by atoms with van der Waals surface area (Å²) >= 11 is 5.82. The molecule has 0 spiro atoms. The van der Waals surface area contributed by atoms with E-state index in [1.165, 1.54) is 11.6 Å². The Bertz CT molecular complexity index is 714. The van der Waals surface area contributed by atoms with Crippen LogP contribution in [0.4, 0.5) is 0 Å². The summed E-state index contributed by atoms with van der Waals surface area (Å²) in [6.07, 6.45) is 0.205. The van der Waals surface area contributed by atoms with Crippen molar-refractivity contribution >= 4 is 23.4 Å². The van der Waals surface area contributed by atoms with Gasteiger partial charge in [0.05, 0.1) is 6.42 Å². The van der Waals surface area contributed by atoms with Crippen molar-refractivity contribution in [3.05, 3.63) is 69.7 Å². The van der Waals surface area contributed by atoms with Gasteiger partial charge in [-0.2, -0.15) is 0 Å². The quantitative estimate of drug-likeness (QED) is 0.855. The molecule has 2 aromatic rings. The summed E-state index contributed by atoms with van der Waals surface area (Å²) in [5.74, 6) is -0.686. The number of hydrazine groups is 1. The predicted molar refractivity (Wildman–Crippen MR) is 86.7 cm³/mol. The second-order valence-corrected chi connectivity index (χ2v) is 5.54. The minimum Gasteiger partial charge on any atom is -0.273 e. The third kappa shape index (κ3) is 4.33. The molecule has 2 aromatic carbocycles. The zero-order valence-corrected chi connectivity index (χ0v) is 13.2. The maximum atomic E-state index is 11.9. The second-order valence-electron chi connectivity index (χ2n) is 5.11. The minimum atomic E-state index is -0.407. The first-order chi connectivity index (χ1) is 10.5. The zero-order valence-electron chi connectivity index (χ0n) is 12.4. The molecule has 0 fully saturated rings. The van der Waals surface area contributed by atoms with Gasteiger partial charge in [0.15, 0.2) is 0 Å². The lowest BCUT2D eigenvalue weighted by Gasteiger charge is -2.08. The zero-order chi connectivity index (χ0) is 16.1. The molecule has 0 unspecified atom stereocenters. The lowest BCUT2D eigenvalue weighted by molar-refractivity contribution is -0.121. The van der Waals surface area contributed by atoms with Gasteiger partial charge in [-0.3, -0.25) is 20.4 Å². The van der Waals surface area contributed by atoms with E-state index in [0.717, 1.165) is 11.1 Å². The van der Waals surface area contributed by atoms with E-state index in [1.807, 2.05) is 32.0 Å². The normalized spacial score (nSPS) is 10.1. The summed E-state index contributed by atoms with van der Waals surface area (Å²) in [4.78, 5) is 23.7. The van der Waals surface area contributed by atoms with Gasteiger partial charge in [0, 0.05) is 10.6 Å². The lowest BCUT2D eigenvalue weighted by Crippen LogP contribution is -2.42. The smallest absolute Gasteiger partial charge is 0.269 e. The average molecular weight is 317 g/mol. The van der Waals surface area contributed by atoms with Gasteiger partial charge >= 0.3 is 0 Å². The molecular formula is C17H17ClN2O2. The number of rotatable bonds is 3. The highest BCUT2D eigenvalue weighted by atomic mass is 35.5. The molecule has 0 saturated heterocycles. The van der Waals surface area contributed by atoms with Gasteiger partial charge in [-0.25, -0.2) is 0 Å². The first-order valence-electron chi connectivity index (χ1n) is 6.86. The Hall–Kier alpha value is -2.33. The molecule has 2 rings (SSSR count). The Morgan fingerprint density at radius 1 is 1.00 bits per heavy atom. The van der Waals surface area contributed by atoms with Crippen LogP contribution in [0.15, 0.2) is 42.5 Å². The first kappa shape index (κ1) is 16.0. The Kier molecular flexibility index (Phi) is 5.17. The number of hydrogen-bond acceptors (Lipinski definition) is 2. The molecule has 2 amide bonds. The van der Waals surface area contributed by atoms with E-state index in [2.05, 4.69) is 10.9 Å². The van der Waals surface area contributed by atoms with E-state index in [0.29, 0.717) is 10.6 Å². The van der Waals surface area contributed by atoms with Crippen LogP contribution in [0.3, 0.4) is 0 Å². The molecule has 5 heteroatoms. The highest BCUT2D eigenvalue weighted by molar-refractivity contribution is 6.30. The monoisotopic (exact) mass is 316 g/mol. The highest BCUT2D eigenvalue weighted by Crippen LogP contribution is 2.11. The first-order valence-corrected chi connectivity index (χ1v) is 7.24. The topological polar surface area (TPSA) is 58.2 Å². The van der Waals surface area contributed by atoms with Crippen LogP contribution >= 0.6 is 11.6 Å². The van der Waals surface area contributed by atoms with Gasteiger partial charge in [0.25, 0.3) is 5.91 Å². The molecule has 114 valence electrons. The van der Waals surface area contributed by atoms with Gasteiger partial charge in [0.1, 0.15) is 0 Å². The maximum absolute atomic E-state index is 11.9. The number of aryl methyl sites for hydroxylation is 2. The van der Waals surface area contributed by atoms with Crippen LogP contribution in [-0.4, -0.2) is 11.8 Å². The Balaban J connectivity index is 1.90. The molecule has 0 aliphatic heterocycles. The number of benzene rings is 2. The van der Waals surface area contributed by atoms with Crippen LogP contribution in [0, 0.1) is 13.8 Å². The number of amides is 2.